The fourth-order valence-electron chi connectivity index (χ4n) is 0.790. The fourth-order valence-corrected chi connectivity index (χ4v) is 1.90. The van der Waals surface area contributed by atoms with Gasteiger partial charge >= 0.3 is 78.6 Å². The first-order valence-electron chi connectivity index (χ1n) is 3.28. The average Bonchev–Trinajstić information content (AvgIpc) is 1.84. The van der Waals surface area contributed by atoms with Crippen LogP contribution in [0.4, 0.5) is 0 Å². The molecule has 0 amide bonds. The third-order valence-electron chi connectivity index (χ3n) is 1.43. The van der Waals surface area contributed by atoms with Gasteiger partial charge in [-0.2, -0.15) is 0 Å². The summed E-state index contributed by atoms with van der Waals surface area (Å²) in [6.07, 6.45) is 0. The molecule has 1 aromatic rings. The van der Waals surface area contributed by atoms with Crippen molar-refractivity contribution < 1.29 is 14.7 Å². The molecule has 0 radical (unpaired) electrons. The van der Waals surface area contributed by atoms with E-state index in [1.807, 2.05) is 0 Å². The van der Waals surface area contributed by atoms with E-state index in [0.29, 0.717) is 0 Å². The molecule has 0 bridgehead atoms. The van der Waals surface area contributed by atoms with Gasteiger partial charge in [0.15, 0.2) is 0 Å². The van der Waals surface area contributed by atoms with E-state index in [-0.39, 0.29) is 5.30 Å². The van der Waals surface area contributed by atoms with Crippen LogP contribution in [-0.2, 0) is 0 Å². The molecule has 0 atom stereocenters. The first-order chi connectivity index (χ1) is 5.26. The Bertz CT molecular complexity index is 279. The minimum absolute atomic E-state index is 0.157. The van der Waals surface area contributed by atoms with Crippen molar-refractivity contribution >= 4 is 28.5 Å². The van der Waals surface area contributed by atoms with E-state index in [9.17, 15) is 14.7 Å². The maximum atomic E-state index is 9.27. The van der Waals surface area contributed by atoms with Crippen molar-refractivity contribution in [3.8, 4) is 0 Å². The molecule has 0 heterocycles. The predicted molar refractivity (Wildman–Crippen MR) is 53.3 cm³/mol. The van der Waals surface area contributed by atoms with Crippen LogP contribution in [0, 0.1) is 0 Å². The van der Waals surface area contributed by atoms with E-state index in [4.69, 9.17) is 0 Å². The number of rotatable bonds is 1. The Morgan fingerprint density at radius 1 is 1.08 bits per heavy atom. The van der Waals surface area contributed by atoms with Crippen LogP contribution in [0.5, 0.6) is 0 Å². The normalized spacial score (nSPS) is 15.2. The molecule has 12 heavy (non-hydrogen) atoms. The molecule has 0 aliphatic heterocycles. The summed E-state index contributed by atoms with van der Waals surface area (Å²) in [5.74, 6) is 0. The average molecular weight is 253 g/mol. The topological polar surface area (TPSA) is 60.7 Å². The zero-order valence-corrected chi connectivity index (χ0v) is 8.96. The quantitative estimate of drug-likeness (QED) is 0.654. The molecule has 1 rings (SSSR count). The summed E-state index contributed by atoms with van der Waals surface area (Å²) in [4.78, 5) is 27.8. The van der Waals surface area contributed by atoms with E-state index in [1.54, 1.807) is 12.1 Å². The van der Waals surface area contributed by atoms with Crippen molar-refractivity contribution in [1.82, 2.24) is 0 Å². The summed E-state index contributed by atoms with van der Waals surface area (Å²) >= 11 is 3.20. The van der Waals surface area contributed by atoms with Gasteiger partial charge in [-0.3, -0.25) is 0 Å². The molecule has 0 aliphatic carbocycles. The molecule has 3 nitrogen and oxygen atoms in total. The Kier molecular flexibility index (Phi) is 2.32. The second-order valence-electron chi connectivity index (χ2n) is 2.87. The van der Waals surface area contributed by atoms with Gasteiger partial charge in [-0.1, -0.05) is 0 Å². The predicted octanol–water partition coefficient (Wildman–Crippen LogP) is 0.979. The summed E-state index contributed by atoms with van der Waals surface area (Å²) < 4.78 is 0.826. The molecule has 0 fully saturated rings. The van der Waals surface area contributed by atoms with Gasteiger partial charge in [0, 0.05) is 0 Å². The molecule has 0 aliphatic rings. The van der Waals surface area contributed by atoms with Gasteiger partial charge in [0.05, 0.1) is 0 Å². The van der Waals surface area contributed by atoms with E-state index in [0.717, 1.165) is 11.1 Å². The van der Waals surface area contributed by atoms with Gasteiger partial charge < -0.3 is 0 Å². The first kappa shape index (κ1) is 10.1. The third-order valence-corrected chi connectivity index (χ3v) is 3.47. The van der Waals surface area contributed by atoms with Crippen molar-refractivity contribution in [2.24, 2.45) is 0 Å². The molecule has 0 aromatic heterocycles. The van der Waals surface area contributed by atoms with Crippen LogP contribution in [0.25, 0.3) is 0 Å². The summed E-state index contributed by atoms with van der Waals surface area (Å²) in [6.45, 7) is 1.04. The van der Waals surface area contributed by atoms with Gasteiger partial charge in [0.25, 0.3) is 0 Å². The standard InChI is InChI=1S/C7H10BrO3P/c1-12(9,10,11)7-4-2-6(8)3-5-7/h2-5,9-11H,1H3. The van der Waals surface area contributed by atoms with Crippen molar-refractivity contribution in [2.45, 2.75) is 0 Å². The molecule has 1 aromatic carbocycles. The van der Waals surface area contributed by atoms with Gasteiger partial charge in [-0.15, -0.1) is 0 Å². The molecular formula is C7H10BrO3P. The Morgan fingerprint density at radius 3 is 1.83 bits per heavy atom. The van der Waals surface area contributed by atoms with Crippen LogP contribution in [-0.4, -0.2) is 21.3 Å². The van der Waals surface area contributed by atoms with Crippen LogP contribution >= 0.6 is 23.2 Å². The number of hydrogen-bond donors (Lipinski definition) is 3. The van der Waals surface area contributed by atoms with E-state index >= 15 is 0 Å². The van der Waals surface area contributed by atoms with E-state index < -0.39 is 7.28 Å². The SMILES string of the molecule is CP(O)(O)(O)c1ccc(Br)cc1. The fraction of sp³-hybridized carbons (Fsp3) is 0.143. The van der Waals surface area contributed by atoms with Crippen molar-refractivity contribution in [3.63, 3.8) is 0 Å². The second-order valence-corrected chi connectivity index (χ2v) is 7.08. The number of hydrogen-bond acceptors (Lipinski definition) is 3. The summed E-state index contributed by atoms with van der Waals surface area (Å²) in [7, 11) is -4.54. The monoisotopic (exact) mass is 252 g/mol. The molecule has 0 saturated carbocycles. The minimum atomic E-state index is -4.54. The first-order valence-corrected chi connectivity index (χ1v) is 6.62. The Hall–Kier alpha value is 0.0100. The Balaban J connectivity index is 3.15. The summed E-state index contributed by atoms with van der Waals surface area (Å²) in [5, 5.41) is 0.157. The van der Waals surface area contributed by atoms with Crippen LogP contribution in [0.2, 0.25) is 0 Å². The van der Waals surface area contributed by atoms with Crippen LogP contribution in [0.3, 0.4) is 0 Å². The molecular weight excluding hydrogens is 243 g/mol. The molecule has 0 unspecified atom stereocenters. The van der Waals surface area contributed by atoms with E-state index in [1.165, 1.54) is 12.1 Å². The van der Waals surface area contributed by atoms with Crippen molar-refractivity contribution in [1.29, 1.82) is 0 Å². The summed E-state index contributed by atoms with van der Waals surface area (Å²) in [6, 6.07) is 6.23. The maximum absolute atomic E-state index is 9.27. The van der Waals surface area contributed by atoms with Crippen LogP contribution < -0.4 is 5.30 Å². The molecule has 0 saturated heterocycles. The summed E-state index contributed by atoms with van der Waals surface area (Å²) in [5.41, 5.74) is 0. The van der Waals surface area contributed by atoms with Crippen LogP contribution in [0.15, 0.2) is 28.7 Å². The van der Waals surface area contributed by atoms with Crippen molar-refractivity contribution in [2.75, 3.05) is 6.66 Å². The molecule has 68 valence electrons. The van der Waals surface area contributed by atoms with Gasteiger partial charge in [0.2, 0.25) is 0 Å². The van der Waals surface area contributed by atoms with Gasteiger partial charge in [0.1, 0.15) is 0 Å². The number of benzene rings is 1. The number of halogens is 1. The van der Waals surface area contributed by atoms with Gasteiger partial charge in [-0.25, -0.2) is 0 Å². The van der Waals surface area contributed by atoms with E-state index in [2.05, 4.69) is 15.9 Å². The Morgan fingerprint density at radius 2 is 1.50 bits per heavy atom. The van der Waals surface area contributed by atoms with Crippen LogP contribution in [0.1, 0.15) is 0 Å². The third kappa shape index (κ3) is 2.51. The molecule has 5 heteroatoms. The zero-order chi connectivity index (χ0) is 9.43. The molecule has 3 N–H and O–H groups in total. The zero-order valence-electron chi connectivity index (χ0n) is 6.48. The second kappa shape index (κ2) is 2.76. The Labute approximate surface area is 79.0 Å². The molecule has 0 spiro atoms. The van der Waals surface area contributed by atoms with Crippen molar-refractivity contribution in [3.05, 3.63) is 28.7 Å². The van der Waals surface area contributed by atoms with Gasteiger partial charge in [-0.05, 0) is 0 Å².